The van der Waals surface area contributed by atoms with E-state index in [-0.39, 0.29) is 5.69 Å². The number of hydrogen-bond acceptors (Lipinski definition) is 6. The van der Waals surface area contributed by atoms with Crippen LogP contribution in [0.1, 0.15) is 24.3 Å². The molecular formula is C7H7N3O2S. The van der Waals surface area contributed by atoms with E-state index in [0.717, 1.165) is 11.5 Å². The molecule has 1 aromatic heterocycles. The molecule has 0 atom stereocenters. The fourth-order valence-corrected chi connectivity index (χ4v) is 0.986. The number of nitrogens with zero attached hydrogens (tertiary/aromatic N) is 3. The smallest absolute Gasteiger partial charge is 0.361 e. The van der Waals surface area contributed by atoms with E-state index in [1.165, 1.54) is 19.2 Å². The molecule has 0 aliphatic rings. The maximum Gasteiger partial charge on any atom is 0.361 e. The van der Waals surface area contributed by atoms with Crippen molar-refractivity contribution in [2.24, 2.45) is 0 Å². The number of ether oxygens (including phenoxy) is 1. The molecule has 0 amide bonds. The molecule has 0 aliphatic carbocycles. The summed E-state index contributed by atoms with van der Waals surface area (Å²) in [6.07, 6.45) is 0. The Morgan fingerprint density at radius 3 is 2.92 bits per heavy atom. The highest BCUT2D eigenvalue weighted by molar-refractivity contribution is 7.03. The van der Waals surface area contributed by atoms with Gasteiger partial charge in [0.25, 0.3) is 0 Å². The second-order valence-corrected chi connectivity index (χ2v) is 3.41. The van der Waals surface area contributed by atoms with Gasteiger partial charge in [0.1, 0.15) is 6.07 Å². The first-order chi connectivity index (χ1) is 6.05. The van der Waals surface area contributed by atoms with Crippen LogP contribution in [0.3, 0.4) is 0 Å². The van der Waals surface area contributed by atoms with Crippen LogP contribution in [0.25, 0.3) is 0 Å². The van der Waals surface area contributed by atoms with Crippen molar-refractivity contribution in [2.45, 2.75) is 19.4 Å². The quantitative estimate of drug-likeness (QED) is 0.661. The summed E-state index contributed by atoms with van der Waals surface area (Å²) in [5, 5.41) is 13.6. The summed E-state index contributed by atoms with van der Waals surface area (Å²) in [5.41, 5.74) is -0.992. The molecule has 1 aromatic rings. The number of carbonyl (C=O) groups is 1. The molecule has 0 saturated carbocycles. The van der Waals surface area contributed by atoms with Crippen molar-refractivity contribution in [2.75, 3.05) is 0 Å². The van der Waals surface area contributed by atoms with Gasteiger partial charge in [0, 0.05) is 5.38 Å². The first kappa shape index (κ1) is 9.61. The van der Waals surface area contributed by atoms with Gasteiger partial charge < -0.3 is 4.74 Å². The first-order valence-corrected chi connectivity index (χ1v) is 4.30. The fourth-order valence-electron chi connectivity index (χ4n) is 0.560. The second-order valence-electron chi connectivity index (χ2n) is 2.80. The molecular weight excluding hydrogens is 190 g/mol. The SMILES string of the molecule is CC(C)(C#N)OC(=O)c1csnn1. The predicted molar refractivity (Wildman–Crippen MR) is 45.0 cm³/mol. The molecule has 5 nitrogen and oxygen atoms in total. The number of rotatable bonds is 2. The second kappa shape index (κ2) is 3.49. The van der Waals surface area contributed by atoms with E-state index < -0.39 is 11.6 Å². The minimum Gasteiger partial charge on any atom is -0.439 e. The monoisotopic (exact) mass is 197 g/mol. The van der Waals surface area contributed by atoms with Gasteiger partial charge >= 0.3 is 5.97 Å². The average molecular weight is 197 g/mol. The number of hydrogen-bond donors (Lipinski definition) is 0. The van der Waals surface area contributed by atoms with Crippen molar-refractivity contribution >= 4 is 17.5 Å². The van der Waals surface area contributed by atoms with Crippen LogP contribution in [-0.2, 0) is 4.74 Å². The highest BCUT2D eigenvalue weighted by atomic mass is 32.1. The third-order valence-electron chi connectivity index (χ3n) is 1.19. The summed E-state index contributed by atoms with van der Waals surface area (Å²) in [7, 11) is 0. The van der Waals surface area contributed by atoms with Gasteiger partial charge in [-0.05, 0) is 25.4 Å². The van der Waals surface area contributed by atoms with E-state index in [2.05, 4.69) is 9.59 Å². The van der Waals surface area contributed by atoms with Gasteiger partial charge in [-0.3, -0.25) is 0 Å². The molecule has 0 N–H and O–H groups in total. The summed E-state index contributed by atoms with van der Waals surface area (Å²) < 4.78 is 8.34. The van der Waals surface area contributed by atoms with Gasteiger partial charge in [0.2, 0.25) is 0 Å². The Morgan fingerprint density at radius 1 is 1.77 bits per heavy atom. The van der Waals surface area contributed by atoms with Gasteiger partial charge in [-0.25, -0.2) is 4.79 Å². The van der Waals surface area contributed by atoms with Crippen LogP contribution in [-0.4, -0.2) is 21.2 Å². The third kappa shape index (κ3) is 2.49. The Balaban J connectivity index is 2.68. The normalized spacial score (nSPS) is 10.5. The minimum absolute atomic E-state index is 0.133. The Bertz CT molecular complexity index is 339. The molecule has 6 heteroatoms. The largest absolute Gasteiger partial charge is 0.439 e. The molecule has 13 heavy (non-hydrogen) atoms. The average Bonchev–Trinajstić information content (AvgIpc) is 2.55. The molecule has 0 spiro atoms. The standard InChI is InChI=1S/C7H7N3O2S/c1-7(2,4-8)12-6(11)5-3-13-10-9-5/h3H,1-2H3. The van der Waals surface area contributed by atoms with E-state index in [1.807, 2.05) is 6.07 Å². The molecule has 1 rings (SSSR count). The van der Waals surface area contributed by atoms with Crippen LogP contribution in [0.4, 0.5) is 0 Å². The first-order valence-electron chi connectivity index (χ1n) is 3.47. The summed E-state index contributed by atoms with van der Waals surface area (Å²) >= 11 is 1.06. The van der Waals surface area contributed by atoms with E-state index in [4.69, 9.17) is 10.00 Å². The highest BCUT2D eigenvalue weighted by Crippen LogP contribution is 2.10. The van der Waals surface area contributed by atoms with Gasteiger partial charge in [0.15, 0.2) is 11.3 Å². The van der Waals surface area contributed by atoms with Crippen LogP contribution in [0, 0.1) is 11.3 Å². The Kier molecular flexibility index (Phi) is 2.58. The molecule has 0 aromatic carbocycles. The lowest BCUT2D eigenvalue weighted by Crippen LogP contribution is -2.26. The van der Waals surface area contributed by atoms with Crippen molar-refractivity contribution in [3.8, 4) is 6.07 Å². The van der Waals surface area contributed by atoms with Crippen molar-refractivity contribution in [3.05, 3.63) is 11.1 Å². The van der Waals surface area contributed by atoms with E-state index in [0.29, 0.717) is 0 Å². The Morgan fingerprint density at radius 2 is 2.46 bits per heavy atom. The van der Waals surface area contributed by atoms with Gasteiger partial charge in [-0.15, -0.1) is 5.10 Å². The van der Waals surface area contributed by atoms with Crippen LogP contribution in [0.15, 0.2) is 5.38 Å². The third-order valence-corrected chi connectivity index (χ3v) is 1.69. The molecule has 0 radical (unpaired) electrons. The molecule has 0 bridgehead atoms. The summed E-state index contributed by atoms with van der Waals surface area (Å²) in [4.78, 5) is 11.2. The van der Waals surface area contributed by atoms with Crippen molar-refractivity contribution < 1.29 is 9.53 Å². The summed E-state index contributed by atoms with van der Waals surface area (Å²) in [6, 6.07) is 1.85. The Hall–Kier alpha value is -1.48. The molecule has 1 heterocycles. The number of esters is 1. The lowest BCUT2D eigenvalue weighted by molar-refractivity contribution is 0.0191. The van der Waals surface area contributed by atoms with Crippen LogP contribution in [0.5, 0.6) is 0 Å². The molecule has 68 valence electrons. The summed E-state index contributed by atoms with van der Waals surface area (Å²) in [5.74, 6) is -0.625. The van der Waals surface area contributed by atoms with Crippen molar-refractivity contribution in [3.63, 3.8) is 0 Å². The maximum absolute atomic E-state index is 11.2. The molecule has 0 aliphatic heterocycles. The maximum atomic E-state index is 11.2. The van der Waals surface area contributed by atoms with Crippen molar-refractivity contribution in [1.29, 1.82) is 5.26 Å². The molecule has 0 saturated heterocycles. The predicted octanol–water partition coefficient (Wildman–Crippen LogP) is 0.997. The summed E-state index contributed by atoms with van der Waals surface area (Å²) in [6.45, 7) is 3.01. The van der Waals surface area contributed by atoms with Gasteiger partial charge in [0.05, 0.1) is 0 Å². The molecule has 0 unspecified atom stereocenters. The van der Waals surface area contributed by atoms with Gasteiger partial charge in [-0.1, -0.05) is 4.49 Å². The minimum atomic E-state index is -1.12. The van der Waals surface area contributed by atoms with E-state index >= 15 is 0 Å². The highest BCUT2D eigenvalue weighted by Gasteiger charge is 2.24. The lowest BCUT2D eigenvalue weighted by Gasteiger charge is -2.14. The lowest BCUT2D eigenvalue weighted by atomic mass is 10.2. The number of carbonyl (C=O) groups excluding carboxylic acids is 1. The fraction of sp³-hybridized carbons (Fsp3) is 0.429. The van der Waals surface area contributed by atoms with E-state index in [1.54, 1.807) is 0 Å². The zero-order valence-electron chi connectivity index (χ0n) is 7.14. The topological polar surface area (TPSA) is 75.9 Å². The van der Waals surface area contributed by atoms with Crippen LogP contribution in [0.2, 0.25) is 0 Å². The zero-order chi connectivity index (χ0) is 9.90. The number of aromatic nitrogens is 2. The number of nitriles is 1. The zero-order valence-corrected chi connectivity index (χ0v) is 7.96. The van der Waals surface area contributed by atoms with E-state index in [9.17, 15) is 4.79 Å². The Labute approximate surface area is 79.1 Å². The van der Waals surface area contributed by atoms with Crippen molar-refractivity contribution in [1.82, 2.24) is 9.59 Å². The van der Waals surface area contributed by atoms with Crippen LogP contribution < -0.4 is 0 Å². The van der Waals surface area contributed by atoms with Crippen LogP contribution >= 0.6 is 11.5 Å². The molecule has 0 fully saturated rings. The van der Waals surface area contributed by atoms with Gasteiger partial charge in [-0.2, -0.15) is 5.26 Å².